The Labute approximate surface area is 127 Å². The van der Waals surface area contributed by atoms with Gasteiger partial charge in [-0.15, -0.1) is 0 Å². The second kappa shape index (κ2) is 5.95. The van der Waals surface area contributed by atoms with Gasteiger partial charge in [0, 0.05) is 26.1 Å². The summed E-state index contributed by atoms with van der Waals surface area (Å²) in [5, 5.41) is 13.5. The van der Waals surface area contributed by atoms with Crippen molar-refractivity contribution in [3.05, 3.63) is 55.9 Å². The first-order valence-electron chi connectivity index (χ1n) is 5.24. The number of hydrogen-bond donors (Lipinski definition) is 2. The third kappa shape index (κ3) is 2.99. The number of nitrogens with one attached hydrogen (secondary N) is 1. The molecular weight excluding hydrogens is 381 g/mol. The largest absolute Gasteiger partial charge is 0.508 e. The van der Waals surface area contributed by atoms with Gasteiger partial charge in [-0.2, -0.15) is 0 Å². The van der Waals surface area contributed by atoms with E-state index in [4.69, 9.17) is 11.6 Å². The lowest BCUT2D eigenvalue weighted by Gasteiger charge is -2.12. The molecule has 0 aromatic heterocycles. The molecule has 2 aromatic carbocycles. The Bertz CT molecular complexity index is 483. The zero-order chi connectivity index (χ0) is 13.1. The van der Waals surface area contributed by atoms with Crippen LogP contribution in [0.15, 0.2) is 45.3 Å². The third-order valence-corrected chi connectivity index (χ3v) is 4.17. The summed E-state index contributed by atoms with van der Waals surface area (Å²) in [7, 11) is 0. The van der Waals surface area contributed by atoms with Crippen LogP contribution < -0.4 is 5.32 Å². The fourth-order valence-corrected chi connectivity index (χ4v) is 3.08. The van der Waals surface area contributed by atoms with E-state index in [0.29, 0.717) is 17.1 Å². The molecule has 0 atom stereocenters. The molecule has 0 aliphatic rings. The van der Waals surface area contributed by atoms with Gasteiger partial charge in [0.2, 0.25) is 0 Å². The van der Waals surface area contributed by atoms with Gasteiger partial charge in [-0.1, -0.05) is 23.7 Å². The molecule has 0 saturated carbocycles. The first-order valence-corrected chi connectivity index (χ1v) is 7.20. The van der Waals surface area contributed by atoms with Crippen molar-refractivity contribution >= 4 is 49.1 Å². The van der Waals surface area contributed by atoms with E-state index >= 15 is 0 Å². The van der Waals surface area contributed by atoms with Crippen LogP contribution >= 0.6 is 43.5 Å². The predicted molar refractivity (Wildman–Crippen MR) is 82.3 cm³/mol. The minimum Gasteiger partial charge on any atom is -0.508 e. The van der Waals surface area contributed by atoms with Crippen molar-refractivity contribution < 1.29 is 5.11 Å². The molecule has 5 heteroatoms. The minimum atomic E-state index is 0.193. The standard InChI is InChI=1S/C13H10Br2ClNO/c14-9-3-1-4-10(15)13(9)17-7-8-11(16)5-2-6-12(8)18/h1-6,17-18H,7H2. The van der Waals surface area contributed by atoms with Gasteiger partial charge in [-0.3, -0.25) is 0 Å². The Morgan fingerprint density at radius 1 is 1.06 bits per heavy atom. The molecule has 18 heavy (non-hydrogen) atoms. The van der Waals surface area contributed by atoms with Crippen molar-refractivity contribution in [3.63, 3.8) is 0 Å². The van der Waals surface area contributed by atoms with Crippen molar-refractivity contribution in [1.29, 1.82) is 0 Å². The summed E-state index contributed by atoms with van der Waals surface area (Å²) in [6.45, 7) is 0.451. The molecule has 0 heterocycles. The molecule has 0 amide bonds. The fourth-order valence-electron chi connectivity index (χ4n) is 1.57. The maximum Gasteiger partial charge on any atom is 0.122 e. The van der Waals surface area contributed by atoms with Crippen molar-refractivity contribution in [2.75, 3.05) is 5.32 Å². The highest BCUT2D eigenvalue weighted by Crippen LogP contribution is 2.32. The number of rotatable bonds is 3. The van der Waals surface area contributed by atoms with Gasteiger partial charge in [-0.25, -0.2) is 0 Å². The van der Waals surface area contributed by atoms with E-state index in [1.54, 1.807) is 18.2 Å². The zero-order valence-electron chi connectivity index (χ0n) is 9.25. The van der Waals surface area contributed by atoms with E-state index in [9.17, 15) is 5.11 Å². The van der Waals surface area contributed by atoms with Crippen LogP contribution in [0.1, 0.15) is 5.56 Å². The molecule has 2 N–H and O–H groups in total. The van der Waals surface area contributed by atoms with Crippen LogP contribution in [0, 0.1) is 0 Å². The fraction of sp³-hybridized carbons (Fsp3) is 0.0769. The molecule has 2 nitrogen and oxygen atoms in total. The summed E-state index contributed by atoms with van der Waals surface area (Å²) in [5.41, 5.74) is 1.61. The summed E-state index contributed by atoms with van der Waals surface area (Å²) in [6.07, 6.45) is 0. The van der Waals surface area contributed by atoms with E-state index in [2.05, 4.69) is 37.2 Å². The Kier molecular flexibility index (Phi) is 4.54. The number of anilines is 1. The van der Waals surface area contributed by atoms with Crippen molar-refractivity contribution in [2.45, 2.75) is 6.54 Å². The lowest BCUT2D eigenvalue weighted by molar-refractivity contribution is 0.469. The zero-order valence-corrected chi connectivity index (χ0v) is 13.2. The van der Waals surface area contributed by atoms with Crippen LogP contribution in [0.3, 0.4) is 0 Å². The van der Waals surface area contributed by atoms with Gasteiger partial charge in [0.05, 0.1) is 5.69 Å². The minimum absolute atomic E-state index is 0.193. The van der Waals surface area contributed by atoms with Gasteiger partial charge in [0.1, 0.15) is 5.75 Å². The maximum atomic E-state index is 9.76. The van der Waals surface area contributed by atoms with Gasteiger partial charge in [-0.05, 0) is 56.1 Å². The highest BCUT2D eigenvalue weighted by Gasteiger charge is 2.08. The van der Waals surface area contributed by atoms with Gasteiger partial charge >= 0.3 is 0 Å². The third-order valence-electron chi connectivity index (χ3n) is 2.50. The number of hydrogen-bond acceptors (Lipinski definition) is 2. The second-order valence-electron chi connectivity index (χ2n) is 3.69. The topological polar surface area (TPSA) is 32.3 Å². The van der Waals surface area contributed by atoms with Crippen LogP contribution in [0.4, 0.5) is 5.69 Å². The van der Waals surface area contributed by atoms with Gasteiger partial charge in [0.15, 0.2) is 0 Å². The van der Waals surface area contributed by atoms with Crippen molar-refractivity contribution in [3.8, 4) is 5.75 Å². The van der Waals surface area contributed by atoms with E-state index < -0.39 is 0 Å². The second-order valence-corrected chi connectivity index (χ2v) is 5.80. The molecule has 0 bridgehead atoms. The SMILES string of the molecule is Oc1cccc(Cl)c1CNc1c(Br)cccc1Br. The van der Waals surface area contributed by atoms with Crippen molar-refractivity contribution in [1.82, 2.24) is 0 Å². The van der Waals surface area contributed by atoms with E-state index in [1.165, 1.54) is 0 Å². The summed E-state index contributed by atoms with van der Waals surface area (Å²) in [6, 6.07) is 10.9. The normalized spacial score (nSPS) is 10.4. The number of phenolic OH excluding ortho intramolecular Hbond substituents is 1. The van der Waals surface area contributed by atoms with Crippen LogP contribution in [0.5, 0.6) is 5.75 Å². The molecule has 0 aliphatic heterocycles. The van der Waals surface area contributed by atoms with E-state index in [-0.39, 0.29) is 5.75 Å². The number of halogens is 3. The van der Waals surface area contributed by atoms with Crippen molar-refractivity contribution in [2.24, 2.45) is 0 Å². The lowest BCUT2D eigenvalue weighted by atomic mass is 10.2. The summed E-state index contributed by atoms with van der Waals surface area (Å²) in [5.74, 6) is 0.193. The monoisotopic (exact) mass is 389 g/mol. The smallest absolute Gasteiger partial charge is 0.122 e. The van der Waals surface area contributed by atoms with Crippen LogP contribution in [0.25, 0.3) is 0 Å². The Morgan fingerprint density at radius 3 is 2.28 bits per heavy atom. The molecule has 0 saturated heterocycles. The first-order chi connectivity index (χ1) is 8.59. The Morgan fingerprint density at radius 2 is 1.67 bits per heavy atom. The highest BCUT2D eigenvalue weighted by atomic mass is 79.9. The van der Waals surface area contributed by atoms with Gasteiger partial charge in [0.25, 0.3) is 0 Å². The average Bonchev–Trinajstić information content (AvgIpc) is 2.31. The maximum absolute atomic E-state index is 9.76. The highest BCUT2D eigenvalue weighted by molar-refractivity contribution is 9.11. The van der Waals surface area contributed by atoms with E-state index in [1.807, 2.05) is 18.2 Å². The van der Waals surface area contributed by atoms with Crippen LogP contribution in [-0.4, -0.2) is 5.11 Å². The summed E-state index contributed by atoms with van der Waals surface area (Å²) in [4.78, 5) is 0. The summed E-state index contributed by atoms with van der Waals surface area (Å²) >= 11 is 13.0. The number of aromatic hydroxyl groups is 1. The molecule has 94 valence electrons. The molecule has 0 unspecified atom stereocenters. The number of phenols is 1. The number of para-hydroxylation sites is 1. The van der Waals surface area contributed by atoms with Crippen LogP contribution in [0.2, 0.25) is 5.02 Å². The molecule has 0 spiro atoms. The quantitative estimate of drug-likeness (QED) is 0.755. The molecule has 0 aliphatic carbocycles. The molecular formula is C13H10Br2ClNO. The number of benzene rings is 2. The molecule has 0 fully saturated rings. The predicted octanol–water partition coefficient (Wildman–Crippen LogP) is 5.18. The average molecular weight is 391 g/mol. The Balaban J connectivity index is 2.22. The van der Waals surface area contributed by atoms with E-state index in [0.717, 1.165) is 14.6 Å². The Hall–Kier alpha value is -0.710. The van der Waals surface area contributed by atoms with Crippen LogP contribution in [-0.2, 0) is 6.54 Å². The first kappa shape index (κ1) is 13.7. The molecule has 2 aromatic rings. The molecule has 2 rings (SSSR count). The molecule has 0 radical (unpaired) electrons. The lowest BCUT2D eigenvalue weighted by Crippen LogP contribution is -2.01. The van der Waals surface area contributed by atoms with Gasteiger partial charge < -0.3 is 10.4 Å². The summed E-state index contributed by atoms with van der Waals surface area (Å²) < 4.78 is 1.90.